The van der Waals surface area contributed by atoms with E-state index in [-0.39, 0.29) is 18.4 Å². The number of hydrogen-bond acceptors (Lipinski definition) is 5. The number of aromatic nitrogens is 3. The monoisotopic (exact) mass is 357 g/mol. The van der Waals surface area contributed by atoms with E-state index in [2.05, 4.69) is 20.7 Å². The number of amides is 1. The Morgan fingerprint density at radius 2 is 2.08 bits per heavy atom. The van der Waals surface area contributed by atoms with Gasteiger partial charge in [-0.15, -0.1) is 0 Å². The van der Waals surface area contributed by atoms with Crippen LogP contribution in [0, 0.1) is 0 Å². The van der Waals surface area contributed by atoms with Crippen molar-refractivity contribution in [3.8, 4) is 5.75 Å². The second kappa shape index (κ2) is 8.31. The molecule has 1 aromatic heterocycles. The van der Waals surface area contributed by atoms with E-state index in [1.165, 1.54) is 0 Å². The fourth-order valence-corrected chi connectivity index (χ4v) is 3.13. The number of anilines is 1. The number of aryl methyl sites for hydroxylation is 1. The van der Waals surface area contributed by atoms with Crippen LogP contribution in [0.25, 0.3) is 0 Å². The number of nitrogens with one attached hydrogen (secondary N) is 2. The minimum atomic E-state index is -0.128. The number of nitrogens with zero attached hydrogens (tertiary/aromatic N) is 3. The molecule has 1 aliphatic rings. The summed E-state index contributed by atoms with van der Waals surface area (Å²) in [6, 6.07) is 7.62. The van der Waals surface area contributed by atoms with Crippen LogP contribution in [-0.4, -0.2) is 39.9 Å². The molecule has 1 fully saturated rings. The maximum Gasteiger partial charge on any atom is 0.231 e. The molecule has 0 aliphatic carbocycles. The summed E-state index contributed by atoms with van der Waals surface area (Å²) in [5.74, 6) is 2.27. The Morgan fingerprint density at radius 3 is 2.81 bits per heavy atom. The van der Waals surface area contributed by atoms with Gasteiger partial charge in [0.2, 0.25) is 11.9 Å². The van der Waals surface area contributed by atoms with Gasteiger partial charge in [-0.3, -0.25) is 10.1 Å². The minimum Gasteiger partial charge on any atom is -0.491 e. The predicted octanol–water partition coefficient (Wildman–Crippen LogP) is 2.25. The van der Waals surface area contributed by atoms with Crippen LogP contribution in [0.5, 0.6) is 5.75 Å². The van der Waals surface area contributed by atoms with E-state index >= 15 is 0 Å². The van der Waals surface area contributed by atoms with Gasteiger partial charge in [0.25, 0.3) is 0 Å². The molecule has 26 heavy (non-hydrogen) atoms. The van der Waals surface area contributed by atoms with Crippen LogP contribution in [0.15, 0.2) is 24.3 Å². The molecule has 7 nitrogen and oxygen atoms in total. The average Bonchev–Trinajstić information content (AvgIpc) is 2.97. The van der Waals surface area contributed by atoms with Gasteiger partial charge in [0.1, 0.15) is 5.75 Å². The molecule has 0 atom stereocenters. The Hall–Kier alpha value is -2.41. The van der Waals surface area contributed by atoms with E-state index in [1.54, 1.807) is 4.68 Å². The molecule has 1 amide bonds. The maximum atomic E-state index is 12.5. The molecule has 0 radical (unpaired) electrons. The number of rotatable bonds is 6. The second-order valence-electron chi connectivity index (χ2n) is 6.94. The molecule has 0 unspecified atom stereocenters. The van der Waals surface area contributed by atoms with E-state index in [1.807, 2.05) is 45.2 Å². The second-order valence-corrected chi connectivity index (χ2v) is 6.94. The van der Waals surface area contributed by atoms with Crippen molar-refractivity contribution >= 4 is 11.9 Å². The van der Waals surface area contributed by atoms with E-state index < -0.39 is 0 Å². The van der Waals surface area contributed by atoms with Crippen molar-refractivity contribution < 1.29 is 9.53 Å². The zero-order valence-corrected chi connectivity index (χ0v) is 15.7. The third-order valence-corrected chi connectivity index (χ3v) is 4.42. The Balaban J connectivity index is 1.66. The lowest BCUT2D eigenvalue weighted by Crippen LogP contribution is -2.27. The molecule has 0 saturated carbocycles. The summed E-state index contributed by atoms with van der Waals surface area (Å²) < 4.78 is 7.43. The number of hydrogen-bond donors (Lipinski definition) is 2. The molecular weight excluding hydrogens is 330 g/mol. The molecule has 3 rings (SSSR count). The number of carbonyl (C=O) groups excluding carboxylic acids is 1. The Bertz CT molecular complexity index is 750. The van der Waals surface area contributed by atoms with Crippen LogP contribution in [0.4, 0.5) is 5.95 Å². The van der Waals surface area contributed by atoms with Crippen LogP contribution < -0.4 is 15.4 Å². The first-order chi connectivity index (χ1) is 12.5. The van der Waals surface area contributed by atoms with Crippen molar-refractivity contribution in [2.24, 2.45) is 7.05 Å². The van der Waals surface area contributed by atoms with E-state index in [0.29, 0.717) is 11.9 Å². The van der Waals surface area contributed by atoms with Gasteiger partial charge >= 0.3 is 0 Å². The summed E-state index contributed by atoms with van der Waals surface area (Å²) in [5, 5.41) is 10.7. The first kappa shape index (κ1) is 18.4. The van der Waals surface area contributed by atoms with Gasteiger partial charge in [-0.2, -0.15) is 10.1 Å². The fourth-order valence-electron chi connectivity index (χ4n) is 3.13. The number of ether oxygens (including phenoxy) is 1. The predicted molar refractivity (Wildman–Crippen MR) is 100 cm³/mol. The van der Waals surface area contributed by atoms with Gasteiger partial charge in [0, 0.05) is 18.5 Å². The molecule has 2 aromatic rings. The molecule has 1 aromatic carbocycles. The summed E-state index contributed by atoms with van der Waals surface area (Å²) in [5.41, 5.74) is 0.861. The molecule has 0 bridgehead atoms. The van der Waals surface area contributed by atoms with Gasteiger partial charge < -0.3 is 10.1 Å². The number of piperidine rings is 1. The molecule has 1 aliphatic heterocycles. The number of para-hydroxylation sites is 1. The van der Waals surface area contributed by atoms with Crippen LogP contribution in [0.3, 0.4) is 0 Å². The highest BCUT2D eigenvalue weighted by Crippen LogP contribution is 2.24. The zero-order valence-electron chi connectivity index (χ0n) is 15.7. The Kier molecular flexibility index (Phi) is 5.88. The average molecular weight is 357 g/mol. The summed E-state index contributed by atoms with van der Waals surface area (Å²) in [4.78, 5) is 17.0. The van der Waals surface area contributed by atoms with Gasteiger partial charge in [-0.25, -0.2) is 4.68 Å². The quantitative estimate of drug-likeness (QED) is 0.829. The molecule has 7 heteroatoms. The lowest BCUT2D eigenvalue weighted by atomic mass is 9.98. The lowest BCUT2D eigenvalue weighted by Gasteiger charge is -2.19. The third-order valence-electron chi connectivity index (χ3n) is 4.42. The first-order valence-electron chi connectivity index (χ1n) is 9.19. The fraction of sp³-hybridized carbons (Fsp3) is 0.526. The van der Waals surface area contributed by atoms with E-state index in [9.17, 15) is 4.79 Å². The summed E-state index contributed by atoms with van der Waals surface area (Å²) in [7, 11) is 1.81. The van der Waals surface area contributed by atoms with Crippen molar-refractivity contribution in [2.45, 2.75) is 45.1 Å². The number of benzene rings is 1. The summed E-state index contributed by atoms with van der Waals surface area (Å²) in [6.45, 7) is 5.91. The van der Waals surface area contributed by atoms with Crippen molar-refractivity contribution in [3.05, 3.63) is 35.7 Å². The topological polar surface area (TPSA) is 81.1 Å². The SMILES string of the molecule is CC(C)Oc1ccccc1CC(=O)Nc1nc(C2CCNCC2)nn1C. The zero-order chi connectivity index (χ0) is 18.5. The highest BCUT2D eigenvalue weighted by molar-refractivity contribution is 5.91. The summed E-state index contributed by atoms with van der Waals surface area (Å²) in [6.07, 6.45) is 2.35. The Morgan fingerprint density at radius 1 is 1.35 bits per heavy atom. The molecule has 2 heterocycles. The third kappa shape index (κ3) is 4.60. The van der Waals surface area contributed by atoms with Crippen molar-refractivity contribution in [2.75, 3.05) is 18.4 Å². The number of carbonyl (C=O) groups is 1. The molecule has 2 N–H and O–H groups in total. The first-order valence-corrected chi connectivity index (χ1v) is 9.19. The molecule has 140 valence electrons. The van der Waals surface area contributed by atoms with Gasteiger partial charge in [-0.05, 0) is 45.8 Å². The molecule has 0 spiro atoms. The van der Waals surface area contributed by atoms with Crippen LogP contribution in [0.1, 0.15) is 44.0 Å². The van der Waals surface area contributed by atoms with Crippen molar-refractivity contribution in [1.29, 1.82) is 0 Å². The van der Waals surface area contributed by atoms with Crippen LogP contribution >= 0.6 is 0 Å². The lowest BCUT2D eigenvalue weighted by molar-refractivity contribution is -0.115. The minimum absolute atomic E-state index is 0.0606. The summed E-state index contributed by atoms with van der Waals surface area (Å²) >= 11 is 0. The van der Waals surface area contributed by atoms with Crippen molar-refractivity contribution in [1.82, 2.24) is 20.1 Å². The van der Waals surface area contributed by atoms with E-state index in [0.717, 1.165) is 43.1 Å². The molecular formula is C19H27N5O2. The van der Waals surface area contributed by atoms with Crippen LogP contribution in [0.2, 0.25) is 0 Å². The van der Waals surface area contributed by atoms with Gasteiger partial charge in [0.05, 0.1) is 12.5 Å². The largest absolute Gasteiger partial charge is 0.491 e. The van der Waals surface area contributed by atoms with Crippen LogP contribution in [-0.2, 0) is 18.3 Å². The van der Waals surface area contributed by atoms with Crippen molar-refractivity contribution in [3.63, 3.8) is 0 Å². The standard InChI is InChI=1S/C19H27N5O2/c1-13(2)26-16-7-5-4-6-15(16)12-17(25)21-19-22-18(23-24(19)3)14-8-10-20-11-9-14/h4-7,13-14,20H,8-12H2,1-3H3,(H,21,22,23,25). The van der Waals surface area contributed by atoms with Gasteiger partial charge in [-0.1, -0.05) is 18.2 Å². The van der Waals surface area contributed by atoms with Gasteiger partial charge in [0.15, 0.2) is 5.82 Å². The highest BCUT2D eigenvalue weighted by atomic mass is 16.5. The Labute approximate surface area is 154 Å². The highest BCUT2D eigenvalue weighted by Gasteiger charge is 2.21. The van der Waals surface area contributed by atoms with E-state index in [4.69, 9.17) is 4.74 Å². The normalized spacial score (nSPS) is 15.2. The molecule has 1 saturated heterocycles. The maximum absolute atomic E-state index is 12.5. The smallest absolute Gasteiger partial charge is 0.231 e.